The van der Waals surface area contributed by atoms with E-state index in [4.69, 9.17) is 9.47 Å². The summed E-state index contributed by atoms with van der Waals surface area (Å²) in [4.78, 5) is 22.9. The highest BCUT2D eigenvalue weighted by Crippen LogP contribution is 2.17. The minimum absolute atomic E-state index is 0.0791. The fourth-order valence-electron chi connectivity index (χ4n) is 3.39. The van der Waals surface area contributed by atoms with Crippen molar-refractivity contribution in [3.05, 3.63) is 0 Å². The van der Waals surface area contributed by atoms with Crippen LogP contribution in [0.1, 0.15) is 131 Å². The van der Waals surface area contributed by atoms with Gasteiger partial charge < -0.3 is 9.47 Å². The summed E-state index contributed by atoms with van der Waals surface area (Å²) in [7, 11) is 0. The Morgan fingerprint density at radius 1 is 0.750 bits per heavy atom. The lowest BCUT2D eigenvalue weighted by molar-refractivity contribution is -0.155. The van der Waals surface area contributed by atoms with Crippen LogP contribution < -0.4 is 0 Å². The molecule has 0 aliphatic carbocycles. The number of carbonyl (C=O) groups excluding carboxylic acids is 2. The van der Waals surface area contributed by atoms with Crippen LogP contribution in [0, 0.1) is 0 Å². The molecule has 0 spiro atoms. The second kappa shape index (κ2) is 16.9. The lowest BCUT2D eigenvalue weighted by atomic mass is 10.0. The van der Waals surface area contributed by atoms with Crippen LogP contribution in [-0.2, 0) is 19.1 Å². The molecule has 4 nitrogen and oxygen atoms in total. The van der Waals surface area contributed by atoms with Crippen molar-refractivity contribution in [3.8, 4) is 0 Å². The Morgan fingerprint density at radius 2 is 1.21 bits per heavy atom. The van der Waals surface area contributed by atoms with Gasteiger partial charge in [-0.05, 0) is 52.9 Å². The van der Waals surface area contributed by atoms with Gasteiger partial charge in [0.15, 0.2) is 0 Å². The molecule has 0 aliphatic rings. The normalized spacial score (nSPS) is 12.6. The van der Waals surface area contributed by atoms with E-state index >= 15 is 0 Å². The van der Waals surface area contributed by atoms with Gasteiger partial charge >= 0.3 is 11.9 Å². The Balaban J connectivity index is 3.59. The average Bonchev–Trinajstić information content (AvgIpc) is 2.58. The van der Waals surface area contributed by atoms with E-state index in [9.17, 15) is 9.59 Å². The second-order valence-corrected chi connectivity index (χ2v) is 9.03. The Morgan fingerprint density at radius 3 is 1.68 bits per heavy atom. The largest absolute Gasteiger partial charge is 0.463 e. The number of rotatable bonds is 17. The van der Waals surface area contributed by atoms with Crippen molar-refractivity contribution in [2.75, 3.05) is 0 Å². The van der Waals surface area contributed by atoms with Gasteiger partial charge in [-0.15, -0.1) is 0 Å². The molecule has 0 saturated heterocycles. The van der Waals surface area contributed by atoms with Gasteiger partial charge in [0.1, 0.15) is 11.7 Å². The first-order valence-corrected chi connectivity index (χ1v) is 11.6. The molecule has 0 bridgehead atoms. The number of hydrogen-bond acceptors (Lipinski definition) is 4. The first-order chi connectivity index (χ1) is 13.2. The molecule has 4 heteroatoms. The van der Waals surface area contributed by atoms with E-state index in [-0.39, 0.29) is 23.6 Å². The van der Waals surface area contributed by atoms with Crippen molar-refractivity contribution in [1.82, 2.24) is 0 Å². The summed E-state index contributed by atoms with van der Waals surface area (Å²) >= 11 is 0. The van der Waals surface area contributed by atoms with E-state index in [1.165, 1.54) is 58.3 Å². The zero-order valence-corrected chi connectivity index (χ0v) is 19.3. The summed E-state index contributed by atoms with van der Waals surface area (Å²) in [6, 6.07) is 0. The monoisotopic (exact) mass is 398 g/mol. The minimum atomic E-state index is -0.374. The maximum Gasteiger partial charge on any atom is 0.306 e. The molecule has 0 rings (SSSR count). The molecular weight excluding hydrogens is 352 g/mol. The van der Waals surface area contributed by atoms with Gasteiger partial charge in [0, 0.05) is 13.3 Å². The molecule has 0 radical (unpaired) electrons. The number of carbonyl (C=O) groups is 2. The molecule has 28 heavy (non-hydrogen) atoms. The Bertz CT molecular complexity index is 398. The fraction of sp³-hybridized carbons (Fsp3) is 0.917. The third kappa shape index (κ3) is 19.7. The SMILES string of the molecule is CCCCCCC(CCCCCCCCCCC(=O)OC(C)(C)C)OC(C)=O. The lowest BCUT2D eigenvalue weighted by Gasteiger charge is -2.19. The number of hydrogen-bond donors (Lipinski definition) is 0. The molecule has 0 aromatic heterocycles. The molecule has 1 atom stereocenters. The van der Waals surface area contributed by atoms with Gasteiger partial charge in [0.2, 0.25) is 0 Å². The van der Waals surface area contributed by atoms with Gasteiger partial charge in [-0.2, -0.15) is 0 Å². The topological polar surface area (TPSA) is 52.6 Å². The molecule has 0 aliphatic heterocycles. The van der Waals surface area contributed by atoms with Crippen LogP contribution in [-0.4, -0.2) is 23.6 Å². The maximum atomic E-state index is 11.6. The summed E-state index contributed by atoms with van der Waals surface area (Å²) in [6.07, 6.45) is 16.9. The van der Waals surface area contributed by atoms with Crippen LogP contribution >= 0.6 is 0 Å². The van der Waals surface area contributed by atoms with Crippen molar-refractivity contribution >= 4 is 11.9 Å². The smallest absolute Gasteiger partial charge is 0.306 e. The molecule has 1 unspecified atom stereocenters. The van der Waals surface area contributed by atoms with Gasteiger partial charge in [0.05, 0.1) is 0 Å². The van der Waals surface area contributed by atoms with Crippen LogP contribution in [0.3, 0.4) is 0 Å². The highest BCUT2D eigenvalue weighted by molar-refractivity contribution is 5.69. The molecular formula is C24H46O4. The van der Waals surface area contributed by atoms with Crippen molar-refractivity contribution in [2.45, 2.75) is 143 Å². The molecule has 0 saturated carbocycles. The third-order valence-corrected chi connectivity index (χ3v) is 4.79. The van der Waals surface area contributed by atoms with Crippen LogP contribution in [0.5, 0.6) is 0 Å². The van der Waals surface area contributed by atoms with Crippen LogP contribution in [0.4, 0.5) is 0 Å². The summed E-state index contributed by atoms with van der Waals surface area (Å²) in [5.74, 6) is -0.226. The highest BCUT2D eigenvalue weighted by atomic mass is 16.6. The van der Waals surface area contributed by atoms with Crippen molar-refractivity contribution in [1.29, 1.82) is 0 Å². The van der Waals surface area contributed by atoms with Gasteiger partial charge in [-0.3, -0.25) is 9.59 Å². The Hall–Kier alpha value is -1.06. The van der Waals surface area contributed by atoms with Crippen LogP contribution in [0.2, 0.25) is 0 Å². The highest BCUT2D eigenvalue weighted by Gasteiger charge is 2.15. The van der Waals surface area contributed by atoms with Crippen molar-refractivity contribution in [2.24, 2.45) is 0 Å². The maximum absolute atomic E-state index is 11.6. The van der Waals surface area contributed by atoms with E-state index in [2.05, 4.69) is 6.92 Å². The predicted molar refractivity (Wildman–Crippen MR) is 116 cm³/mol. The zero-order chi connectivity index (χ0) is 21.3. The predicted octanol–water partition coefficient (Wildman–Crippen LogP) is 7.13. The fourth-order valence-corrected chi connectivity index (χ4v) is 3.39. The summed E-state index contributed by atoms with van der Waals surface area (Å²) in [5.41, 5.74) is -0.374. The summed E-state index contributed by atoms with van der Waals surface area (Å²) in [6.45, 7) is 9.45. The number of unbranched alkanes of at least 4 members (excludes halogenated alkanes) is 10. The van der Waals surface area contributed by atoms with E-state index < -0.39 is 0 Å². The molecule has 0 aromatic rings. The number of esters is 2. The van der Waals surface area contributed by atoms with Crippen molar-refractivity contribution in [3.63, 3.8) is 0 Å². The van der Waals surface area contributed by atoms with Crippen molar-refractivity contribution < 1.29 is 19.1 Å². The van der Waals surface area contributed by atoms with E-state index in [1.54, 1.807) is 0 Å². The standard InChI is InChI=1S/C24H46O4/c1-6-7-8-15-18-22(27-21(2)25)19-16-13-11-9-10-12-14-17-20-23(26)28-24(3,4)5/h22H,6-20H2,1-5H3. The van der Waals surface area contributed by atoms with E-state index in [1.807, 2.05) is 20.8 Å². The first kappa shape index (κ1) is 26.9. The Kier molecular flexibility index (Phi) is 16.2. The van der Waals surface area contributed by atoms with Gasteiger partial charge in [-0.1, -0.05) is 64.7 Å². The zero-order valence-electron chi connectivity index (χ0n) is 19.3. The average molecular weight is 399 g/mol. The number of ether oxygens (including phenoxy) is 2. The Labute approximate surface area is 174 Å². The lowest BCUT2D eigenvalue weighted by Crippen LogP contribution is -2.23. The van der Waals surface area contributed by atoms with Gasteiger partial charge in [0.25, 0.3) is 0 Å². The molecule has 0 aromatic carbocycles. The van der Waals surface area contributed by atoms with E-state index in [0.29, 0.717) is 6.42 Å². The van der Waals surface area contributed by atoms with E-state index in [0.717, 1.165) is 38.5 Å². The summed E-state index contributed by atoms with van der Waals surface area (Å²) < 4.78 is 10.8. The third-order valence-electron chi connectivity index (χ3n) is 4.79. The molecule has 0 heterocycles. The van der Waals surface area contributed by atoms with Crippen LogP contribution in [0.25, 0.3) is 0 Å². The molecule has 166 valence electrons. The molecule has 0 fully saturated rings. The second-order valence-electron chi connectivity index (χ2n) is 9.03. The molecule has 0 N–H and O–H groups in total. The first-order valence-electron chi connectivity index (χ1n) is 11.6. The molecule has 0 amide bonds. The minimum Gasteiger partial charge on any atom is -0.463 e. The summed E-state index contributed by atoms with van der Waals surface area (Å²) in [5, 5.41) is 0. The van der Waals surface area contributed by atoms with Gasteiger partial charge in [-0.25, -0.2) is 0 Å². The quantitative estimate of drug-likeness (QED) is 0.193. The van der Waals surface area contributed by atoms with Crippen LogP contribution in [0.15, 0.2) is 0 Å².